The third-order valence-corrected chi connectivity index (χ3v) is 1.47. The minimum Gasteiger partial charge on any atom is -0.312 e. The first-order valence-corrected chi connectivity index (χ1v) is 3.19. The molecule has 0 saturated heterocycles. The van der Waals surface area contributed by atoms with Crippen molar-refractivity contribution < 1.29 is 0 Å². The first kappa shape index (κ1) is 8.43. The van der Waals surface area contributed by atoms with Gasteiger partial charge in [-0.25, -0.2) is 5.84 Å². The van der Waals surface area contributed by atoms with E-state index in [0.717, 1.165) is 12.3 Å². The van der Waals surface area contributed by atoms with Gasteiger partial charge in [-0.1, -0.05) is 13.8 Å². The summed E-state index contributed by atoms with van der Waals surface area (Å²) in [5.74, 6) is 6.50. The summed E-state index contributed by atoms with van der Waals surface area (Å²) in [5.41, 5.74) is 2.55. The number of nitrogens with zero attached hydrogens (tertiary/aromatic N) is 1. The Morgan fingerprint density at radius 1 is 1.78 bits per heavy atom. The molecular weight excluding hydrogens is 114 g/mol. The molecule has 0 aromatic carbocycles. The van der Waals surface area contributed by atoms with Gasteiger partial charge in [-0.2, -0.15) is 0 Å². The van der Waals surface area contributed by atoms with Crippen LogP contribution >= 0.6 is 0 Å². The maximum Gasteiger partial charge on any atom is 0.113 e. The van der Waals surface area contributed by atoms with Gasteiger partial charge >= 0.3 is 0 Å². The van der Waals surface area contributed by atoms with Gasteiger partial charge in [0, 0.05) is 13.0 Å². The molecule has 3 heteroatoms. The van der Waals surface area contributed by atoms with Gasteiger partial charge < -0.3 is 5.43 Å². The average molecular weight is 129 g/mol. The number of nitrogens with one attached hydrogen (secondary N) is 1. The zero-order valence-corrected chi connectivity index (χ0v) is 6.31. The van der Waals surface area contributed by atoms with Crippen LogP contribution in [0.4, 0.5) is 0 Å². The summed E-state index contributed by atoms with van der Waals surface area (Å²) in [5, 5.41) is 0. The van der Waals surface area contributed by atoms with Gasteiger partial charge in [-0.15, -0.1) is 0 Å². The molecule has 0 rings (SSSR count). The molecule has 0 aromatic heterocycles. The predicted octanol–water partition coefficient (Wildman–Crippen LogP) is 0.524. The second-order valence-electron chi connectivity index (χ2n) is 2.06. The van der Waals surface area contributed by atoms with Crippen molar-refractivity contribution in [3.05, 3.63) is 0 Å². The second kappa shape index (κ2) is 4.32. The number of rotatable bonds is 2. The number of hydrogen-bond acceptors (Lipinski definition) is 2. The topological polar surface area (TPSA) is 50.4 Å². The molecule has 0 radical (unpaired) electrons. The van der Waals surface area contributed by atoms with E-state index in [1.165, 1.54) is 0 Å². The van der Waals surface area contributed by atoms with Gasteiger partial charge in [0.05, 0.1) is 0 Å². The lowest BCUT2D eigenvalue weighted by Crippen LogP contribution is -2.34. The van der Waals surface area contributed by atoms with E-state index in [9.17, 15) is 0 Å². The summed E-state index contributed by atoms with van der Waals surface area (Å²) < 4.78 is 0. The highest BCUT2D eigenvalue weighted by Crippen LogP contribution is 1.99. The Morgan fingerprint density at radius 2 is 2.33 bits per heavy atom. The van der Waals surface area contributed by atoms with Crippen LogP contribution in [0.1, 0.15) is 20.3 Å². The maximum absolute atomic E-state index is 5.18. The van der Waals surface area contributed by atoms with Crippen LogP contribution in [0.15, 0.2) is 4.99 Å². The van der Waals surface area contributed by atoms with Crippen LogP contribution in [-0.4, -0.2) is 12.9 Å². The van der Waals surface area contributed by atoms with E-state index < -0.39 is 0 Å². The molecule has 0 aliphatic rings. The fourth-order valence-corrected chi connectivity index (χ4v) is 0.621. The first-order valence-electron chi connectivity index (χ1n) is 3.19. The van der Waals surface area contributed by atoms with Crippen LogP contribution in [0.2, 0.25) is 0 Å². The standard InChI is InChI=1S/C6H15N3/c1-4-5(2)6(8-3)9-7/h5H,4,7H2,1-3H3,(H,8,9). The zero-order chi connectivity index (χ0) is 7.28. The van der Waals surface area contributed by atoms with Gasteiger partial charge in [0.15, 0.2) is 0 Å². The fourth-order valence-electron chi connectivity index (χ4n) is 0.621. The molecule has 0 saturated carbocycles. The van der Waals surface area contributed by atoms with E-state index >= 15 is 0 Å². The summed E-state index contributed by atoms with van der Waals surface area (Å²) >= 11 is 0. The number of hydrazine groups is 1. The summed E-state index contributed by atoms with van der Waals surface area (Å²) in [7, 11) is 1.74. The third kappa shape index (κ3) is 2.46. The molecule has 3 N–H and O–H groups in total. The Morgan fingerprint density at radius 3 is 2.44 bits per heavy atom. The van der Waals surface area contributed by atoms with Gasteiger partial charge in [-0.05, 0) is 6.42 Å². The van der Waals surface area contributed by atoms with Gasteiger partial charge in [0.2, 0.25) is 0 Å². The summed E-state index contributed by atoms with van der Waals surface area (Å²) in [6, 6.07) is 0. The predicted molar refractivity (Wildman–Crippen MR) is 40.1 cm³/mol. The van der Waals surface area contributed by atoms with Crippen LogP contribution in [0.5, 0.6) is 0 Å². The van der Waals surface area contributed by atoms with Gasteiger partial charge in [-0.3, -0.25) is 4.99 Å². The molecule has 0 spiro atoms. The van der Waals surface area contributed by atoms with Crippen molar-refractivity contribution >= 4 is 5.84 Å². The van der Waals surface area contributed by atoms with E-state index in [1.54, 1.807) is 7.05 Å². The SMILES string of the molecule is CCC(C)C(=NC)NN. The highest BCUT2D eigenvalue weighted by molar-refractivity contribution is 5.83. The quantitative estimate of drug-likeness (QED) is 0.247. The molecule has 0 amide bonds. The highest BCUT2D eigenvalue weighted by atomic mass is 15.2. The van der Waals surface area contributed by atoms with Crippen LogP contribution in [0.3, 0.4) is 0 Å². The number of nitrogens with two attached hydrogens (primary N) is 1. The van der Waals surface area contributed by atoms with Crippen LogP contribution in [0, 0.1) is 5.92 Å². The summed E-state index contributed by atoms with van der Waals surface area (Å²) in [6.45, 7) is 4.19. The largest absolute Gasteiger partial charge is 0.312 e. The van der Waals surface area contributed by atoms with E-state index in [0.29, 0.717) is 5.92 Å². The average Bonchev–Trinajstić information content (AvgIpc) is 1.90. The van der Waals surface area contributed by atoms with Crippen molar-refractivity contribution in [2.24, 2.45) is 16.8 Å². The Labute approximate surface area is 56.3 Å². The lowest BCUT2D eigenvalue weighted by atomic mass is 10.1. The maximum atomic E-state index is 5.18. The van der Waals surface area contributed by atoms with Crippen molar-refractivity contribution in [1.29, 1.82) is 0 Å². The van der Waals surface area contributed by atoms with Crippen molar-refractivity contribution in [1.82, 2.24) is 5.43 Å². The fraction of sp³-hybridized carbons (Fsp3) is 0.833. The molecule has 0 aromatic rings. The smallest absolute Gasteiger partial charge is 0.113 e. The van der Waals surface area contributed by atoms with E-state index in [-0.39, 0.29) is 0 Å². The van der Waals surface area contributed by atoms with Crippen LogP contribution in [-0.2, 0) is 0 Å². The summed E-state index contributed by atoms with van der Waals surface area (Å²) in [6.07, 6.45) is 1.07. The molecule has 1 atom stereocenters. The van der Waals surface area contributed by atoms with E-state index in [4.69, 9.17) is 5.84 Å². The zero-order valence-electron chi connectivity index (χ0n) is 6.31. The number of hydrogen-bond donors (Lipinski definition) is 2. The lowest BCUT2D eigenvalue weighted by Gasteiger charge is -2.09. The normalized spacial score (nSPS) is 15.3. The minimum absolute atomic E-state index is 0.444. The van der Waals surface area contributed by atoms with E-state index in [2.05, 4.69) is 24.3 Å². The molecule has 54 valence electrons. The Bertz CT molecular complexity index is 98.5. The Hall–Kier alpha value is -0.570. The molecule has 0 aliphatic carbocycles. The Kier molecular flexibility index (Phi) is 4.05. The molecular formula is C6H15N3. The lowest BCUT2D eigenvalue weighted by molar-refractivity contribution is 0.704. The van der Waals surface area contributed by atoms with Crippen LogP contribution in [0.25, 0.3) is 0 Å². The van der Waals surface area contributed by atoms with Gasteiger partial charge in [0.1, 0.15) is 5.84 Å². The first-order chi connectivity index (χ1) is 4.26. The Balaban J connectivity index is 3.80. The second-order valence-corrected chi connectivity index (χ2v) is 2.06. The molecule has 0 bridgehead atoms. The summed E-state index contributed by atoms with van der Waals surface area (Å²) in [4.78, 5) is 3.96. The van der Waals surface area contributed by atoms with Crippen molar-refractivity contribution in [3.63, 3.8) is 0 Å². The number of amidine groups is 1. The molecule has 0 fully saturated rings. The van der Waals surface area contributed by atoms with Crippen molar-refractivity contribution in [2.45, 2.75) is 20.3 Å². The molecule has 9 heavy (non-hydrogen) atoms. The molecule has 0 heterocycles. The van der Waals surface area contributed by atoms with Gasteiger partial charge in [0.25, 0.3) is 0 Å². The monoisotopic (exact) mass is 129 g/mol. The molecule has 3 nitrogen and oxygen atoms in total. The highest BCUT2D eigenvalue weighted by Gasteiger charge is 2.03. The minimum atomic E-state index is 0.444. The molecule has 0 aliphatic heterocycles. The van der Waals surface area contributed by atoms with Crippen LogP contribution < -0.4 is 11.3 Å². The van der Waals surface area contributed by atoms with Crippen molar-refractivity contribution in [3.8, 4) is 0 Å². The number of aliphatic imine (C=N–C) groups is 1. The van der Waals surface area contributed by atoms with E-state index in [1.807, 2.05) is 0 Å². The molecule has 1 unspecified atom stereocenters. The van der Waals surface area contributed by atoms with Crippen molar-refractivity contribution in [2.75, 3.05) is 7.05 Å². The third-order valence-electron chi connectivity index (χ3n) is 1.47.